The maximum atomic E-state index is 9.11. The van der Waals surface area contributed by atoms with Gasteiger partial charge in [-0.3, -0.25) is 9.11 Å². The molecular weight excluding hydrogens is 489 g/mol. The second-order valence-electron chi connectivity index (χ2n) is 7.34. The van der Waals surface area contributed by atoms with Crippen LogP contribution in [0.1, 0.15) is 22.3 Å². The summed E-state index contributed by atoms with van der Waals surface area (Å²) in [5, 5.41) is 5.13. The molecule has 33 heavy (non-hydrogen) atoms. The van der Waals surface area contributed by atoms with E-state index < -0.39 is 9.05 Å². The van der Waals surface area contributed by atoms with Crippen molar-refractivity contribution in [1.29, 1.82) is 0 Å². The summed E-state index contributed by atoms with van der Waals surface area (Å²) in [4.78, 5) is 1.88. The molecule has 0 amide bonds. The van der Waals surface area contributed by atoms with Crippen molar-refractivity contribution in [3.05, 3.63) is 107 Å². The number of hydrogen-bond donors (Lipinski definition) is 2. The highest BCUT2D eigenvalue weighted by Crippen LogP contribution is 2.29. The Morgan fingerprint density at radius 1 is 0.576 bits per heavy atom. The Morgan fingerprint density at radius 3 is 1.27 bits per heavy atom. The van der Waals surface area contributed by atoms with Crippen LogP contribution in [0.4, 0.5) is 0 Å². The summed E-state index contributed by atoms with van der Waals surface area (Å²) in [5.41, 5.74) is 4.92. The first-order chi connectivity index (χ1) is 15.7. The SMILES string of the molecule is O=S(O)(O)=S.S=C1C=Cc2cccc3cccc1c23.S=C1C=Cc2cccc3cccc1c23. The molecule has 2 aliphatic rings. The zero-order chi connectivity index (χ0) is 23.6. The zero-order valence-corrected chi connectivity index (χ0v) is 20.4. The van der Waals surface area contributed by atoms with Crippen molar-refractivity contribution in [2.75, 3.05) is 0 Å². The second kappa shape index (κ2) is 9.69. The normalized spacial score (nSPS) is 13.3. The fourth-order valence-corrected chi connectivity index (χ4v) is 4.42. The summed E-state index contributed by atoms with van der Waals surface area (Å²) in [5.74, 6) is 0. The molecule has 6 rings (SSSR count). The zero-order valence-electron chi connectivity index (χ0n) is 17.2. The molecule has 0 unspecified atom stereocenters. The maximum Gasteiger partial charge on any atom is 0.263 e. The van der Waals surface area contributed by atoms with Crippen LogP contribution in [-0.4, -0.2) is 23.0 Å². The third-order valence-electron chi connectivity index (χ3n) is 5.23. The molecule has 0 saturated heterocycles. The molecule has 0 fully saturated rings. The molecule has 0 aromatic heterocycles. The van der Waals surface area contributed by atoms with Crippen LogP contribution in [0.5, 0.6) is 0 Å². The van der Waals surface area contributed by atoms with Gasteiger partial charge in [-0.05, 0) is 44.8 Å². The van der Waals surface area contributed by atoms with Crippen molar-refractivity contribution in [3.8, 4) is 0 Å². The van der Waals surface area contributed by atoms with Crippen LogP contribution in [0.3, 0.4) is 0 Å². The first-order valence-electron chi connectivity index (χ1n) is 9.90. The van der Waals surface area contributed by atoms with E-state index in [9.17, 15) is 0 Å². The third-order valence-corrected chi connectivity index (χ3v) is 5.95. The summed E-state index contributed by atoms with van der Waals surface area (Å²) in [6.07, 6.45) is 8.20. The monoisotopic (exact) mass is 506 g/mol. The van der Waals surface area contributed by atoms with E-state index in [0.29, 0.717) is 0 Å². The van der Waals surface area contributed by atoms with Crippen molar-refractivity contribution in [3.63, 3.8) is 0 Å². The molecular formula is C26H18O3S4. The minimum absolute atomic E-state index is 0.939. The van der Waals surface area contributed by atoms with E-state index in [-0.39, 0.29) is 0 Å². The number of rotatable bonds is 0. The average molecular weight is 507 g/mol. The van der Waals surface area contributed by atoms with Gasteiger partial charge < -0.3 is 0 Å². The minimum atomic E-state index is -3.83. The molecule has 2 N–H and O–H groups in total. The van der Waals surface area contributed by atoms with Gasteiger partial charge in [-0.1, -0.05) is 109 Å². The maximum absolute atomic E-state index is 9.11. The molecule has 2 aliphatic carbocycles. The Balaban J connectivity index is 0.000000132. The van der Waals surface area contributed by atoms with E-state index in [2.05, 4.69) is 96.1 Å². The standard InChI is InChI=1S/2C13H8S.H2O3S2/c2*14-12-8-7-10-4-1-3-9-5-2-6-11(12)13(9)10;1-5(2,3)4/h2*1-8H;(H2,1,2,3,4). The fraction of sp³-hybridized carbons (Fsp3) is 0. The third kappa shape index (κ3) is 5.47. The molecule has 3 nitrogen and oxygen atoms in total. The fourth-order valence-electron chi connectivity index (χ4n) is 3.94. The first-order valence-corrected chi connectivity index (χ1v) is 13.1. The van der Waals surface area contributed by atoms with Gasteiger partial charge >= 0.3 is 0 Å². The van der Waals surface area contributed by atoms with E-state index in [1.54, 1.807) is 0 Å². The van der Waals surface area contributed by atoms with Gasteiger partial charge in [0.15, 0.2) is 0 Å². The number of benzene rings is 4. The summed E-state index contributed by atoms with van der Waals surface area (Å²) >= 11 is 14.1. The molecule has 0 saturated carbocycles. The van der Waals surface area contributed by atoms with Gasteiger partial charge in [0.25, 0.3) is 9.05 Å². The van der Waals surface area contributed by atoms with Crippen LogP contribution in [0.25, 0.3) is 33.7 Å². The lowest BCUT2D eigenvalue weighted by Gasteiger charge is -2.12. The van der Waals surface area contributed by atoms with Crippen LogP contribution in [0.2, 0.25) is 0 Å². The molecule has 0 radical (unpaired) electrons. The number of thiocarbonyl (C=S) groups is 2. The predicted octanol–water partition coefficient (Wildman–Crippen LogP) is 6.85. The van der Waals surface area contributed by atoms with Crippen molar-refractivity contribution in [1.82, 2.24) is 0 Å². The smallest absolute Gasteiger partial charge is 0.263 e. The highest BCUT2D eigenvalue weighted by Gasteiger charge is 2.11. The number of allylic oxidation sites excluding steroid dienone is 2. The van der Waals surface area contributed by atoms with E-state index in [4.69, 9.17) is 37.8 Å². The lowest BCUT2D eigenvalue weighted by molar-refractivity contribution is 0.450. The van der Waals surface area contributed by atoms with Crippen LogP contribution < -0.4 is 0 Å². The molecule has 7 heteroatoms. The van der Waals surface area contributed by atoms with Crippen LogP contribution in [0.15, 0.2) is 84.9 Å². The van der Waals surface area contributed by atoms with Crippen molar-refractivity contribution < 1.29 is 13.3 Å². The van der Waals surface area contributed by atoms with Crippen LogP contribution in [0, 0.1) is 0 Å². The lowest BCUT2D eigenvalue weighted by Crippen LogP contribution is -1.99. The van der Waals surface area contributed by atoms with E-state index >= 15 is 0 Å². The highest BCUT2D eigenvalue weighted by molar-refractivity contribution is 8.26. The van der Waals surface area contributed by atoms with Gasteiger partial charge in [-0.15, -0.1) is 0 Å². The Hall–Kier alpha value is -2.65. The predicted molar refractivity (Wildman–Crippen MR) is 150 cm³/mol. The van der Waals surface area contributed by atoms with Gasteiger partial charge in [0.2, 0.25) is 0 Å². The minimum Gasteiger partial charge on any atom is -0.285 e. The Labute approximate surface area is 207 Å². The van der Waals surface area contributed by atoms with E-state index in [1.807, 2.05) is 12.2 Å². The van der Waals surface area contributed by atoms with Crippen LogP contribution in [-0.2, 0) is 20.2 Å². The molecule has 0 bridgehead atoms. The molecule has 4 aromatic carbocycles. The molecule has 0 spiro atoms. The van der Waals surface area contributed by atoms with Crippen LogP contribution >= 0.6 is 24.4 Å². The Morgan fingerprint density at radius 2 is 0.909 bits per heavy atom. The molecule has 4 aromatic rings. The van der Waals surface area contributed by atoms with Gasteiger partial charge in [0, 0.05) is 32.0 Å². The molecule has 164 valence electrons. The van der Waals surface area contributed by atoms with Gasteiger partial charge in [0.05, 0.1) is 0 Å². The first kappa shape index (κ1) is 23.5. The van der Waals surface area contributed by atoms with Gasteiger partial charge in [0.1, 0.15) is 0 Å². The number of hydrogen-bond acceptors (Lipinski definition) is 4. The van der Waals surface area contributed by atoms with Crippen molar-refractivity contribution in [2.24, 2.45) is 0 Å². The van der Waals surface area contributed by atoms with Gasteiger partial charge in [-0.25, -0.2) is 0 Å². The summed E-state index contributed by atoms with van der Waals surface area (Å²) in [6, 6.07) is 25.3. The van der Waals surface area contributed by atoms with E-state index in [0.717, 1.165) is 9.73 Å². The highest BCUT2D eigenvalue weighted by atomic mass is 32.9. The van der Waals surface area contributed by atoms with Crippen molar-refractivity contribution >= 4 is 88.1 Å². The quantitative estimate of drug-likeness (QED) is 0.255. The molecule has 0 aliphatic heterocycles. The summed E-state index contributed by atoms with van der Waals surface area (Å²) in [7, 11) is -3.83. The lowest BCUT2D eigenvalue weighted by atomic mass is 9.93. The largest absolute Gasteiger partial charge is 0.285 e. The topological polar surface area (TPSA) is 57.5 Å². The molecule has 0 atom stereocenters. The Bertz CT molecular complexity index is 1460. The average Bonchev–Trinajstić information content (AvgIpc) is 2.78. The summed E-state index contributed by atoms with van der Waals surface area (Å²) < 4.78 is 24.0. The van der Waals surface area contributed by atoms with Crippen molar-refractivity contribution in [2.45, 2.75) is 0 Å². The second-order valence-corrected chi connectivity index (χ2v) is 10.4. The van der Waals surface area contributed by atoms with Gasteiger partial charge in [-0.2, -0.15) is 4.21 Å². The van der Waals surface area contributed by atoms with E-state index in [1.165, 1.54) is 43.8 Å². The summed E-state index contributed by atoms with van der Waals surface area (Å²) in [6.45, 7) is 0. The molecule has 0 heterocycles. The Kier molecular flexibility index (Phi) is 6.90.